The van der Waals surface area contributed by atoms with Gasteiger partial charge in [0.2, 0.25) is 0 Å². The number of aromatic hydroxyl groups is 1. The first-order chi connectivity index (χ1) is 11.8. The number of nitrogens with one attached hydrogen (secondary N) is 2. The second kappa shape index (κ2) is 6.25. The van der Waals surface area contributed by atoms with E-state index in [9.17, 15) is 9.90 Å². The molecule has 0 unspecified atom stereocenters. The predicted octanol–water partition coefficient (Wildman–Crippen LogP) is 2.70. The maximum absolute atomic E-state index is 11.5. The third-order valence-corrected chi connectivity index (χ3v) is 3.90. The van der Waals surface area contributed by atoms with Gasteiger partial charge in [0.1, 0.15) is 17.2 Å². The van der Waals surface area contributed by atoms with Gasteiger partial charge in [-0.3, -0.25) is 14.4 Å². The monoisotopic (exact) mass is 342 g/mol. The number of rotatable bonds is 4. The van der Waals surface area contributed by atoms with Crippen LogP contribution in [0.2, 0.25) is 0 Å². The molecular formula is C18H22N4O3. The molecule has 0 atom stereocenters. The van der Waals surface area contributed by atoms with Crippen molar-refractivity contribution < 1.29 is 15.1 Å². The molecule has 1 amide bonds. The van der Waals surface area contributed by atoms with E-state index in [1.165, 1.54) is 0 Å². The Labute approximate surface area is 145 Å². The van der Waals surface area contributed by atoms with Gasteiger partial charge in [0.25, 0.3) is 5.91 Å². The van der Waals surface area contributed by atoms with Gasteiger partial charge in [-0.05, 0) is 30.0 Å². The van der Waals surface area contributed by atoms with Crippen molar-refractivity contribution in [2.45, 2.75) is 27.2 Å². The van der Waals surface area contributed by atoms with Crippen LogP contribution in [0.3, 0.4) is 0 Å². The quantitative estimate of drug-likeness (QED) is 0.432. The molecule has 7 heteroatoms. The molecule has 0 bridgehead atoms. The van der Waals surface area contributed by atoms with Gasteiger partial charge in [0.15, 0.2) is 0 Å². The lowest BCUT2D eigenvalue weighted by molar-refractivity contribution is -0.127. The van der Waals surface area contributed by atoms with Crippen LogP contribution in [0.25, 0.3) is 16.6 Å². The van der Waals surface area contributed by atoms with Crippen LogP contribution >= 0.6 is 0 Å². The minimum absolute atomic E-state index is 0.00848. The van der Waals surface area contributed by atoms with Crippen molar-refractivity contribution in [2.24, 2.45) is 5.41 Å². The van der Waals surface area contributed by atoms with Crippen molar-refractivity contribution in [1.82, 2.24) is 14.9 Å². The molecule has 4 N–H and O–H groups in total. The van der Waals surface area contributed by atoms with Crippen molar-refractivity contribution in [3.05, 3.63) is 36.0 Å². The first-order valence-electron chi connectivity index (χ1n) is 8.09. The molecule has 132 valence electrons. The van der Waals surface area contributed by atoms with E-state index in [2.05, 4.69) is 31.1 Å². The average molecular weight is 342 g/mol. The lowest BCUT2D eigenvalue weighted by Crippen LogP contribution is -2.27. The number of hydrogen-bond acceptors (Lipinski definition) is 5. The summed E-state index contributed by atoms with van der Waals surface area (Å²) in [6.07, 6.45) is 0.687. The third kappa shape index (κ3) is 3.36. The molecule has 0 aliphatic heterocycles. The summed E-state index contributed by atoms with van der Waals surface area (Å²) < 4.78 is 1.82. The molecule has 0 saturated heterocycles. The molecule has 1 aromatic carbocycles. The highest BCUT2D eigenvalue weighted by Gasteiger charge is 2.21. The third-order valence-electron chi connectivity index (χ3n) is 3.90. The van der Waals surface area contributed by atoms with Crippen LogP contribution in [0.4, 0.5) is 5.82 Å². The number of fused-ring (bicyclic) bond motifs is 3. The molecular weight excluding hydrogens is 320 g/mol. The maximum Gasteiger partial charge on any atom is 0.262 e. The summed E-state index contributed by atoms with van der Waals surface area (Å²) in [6.45, 7) is 6.22. The normalized spacial score (nSPS) is 11.8. The first kappa shape index (κ1) is 17.0. The molecule has 0 spiro atoms. The van der Waals surface area contributed by atoms with E-state index < -0.39 is 5.91 Å². The lowest BCUT2D eigenvalue weighted by Gasteiger charge is -2.18. The van der Waals surface area contributed by atoms with Crippen LogP contribution in [0, 0.1) is 5.41 Å². The number of pyridine rings is 1. The summed E-state index contributed by atoms with van der Waals surface area (Å²) in [5, 5.41) is 23.0. The highest BCUT2D eigenvalue weighted by atomic mass is 16.5. The number of phenolic OH excluding ortho intramolecular Hbond substituents is 1. The topological polar surface area (TPSA) is 98.9 Å². The first-order valence-corrected chi connectivity index (χ1v) is 8.09. The fourth-order valence-corrected chi connectivity index (χ4v) is 2.92. The fraction of sp³-hybridized carbons (Fsp3) is 0.333. The van der Waals surface area contributed by atoms with Gasteiger partial charge in [0, 0.05) is 5.39 Å². The standard InChI is InChI=1S/C18H22N4O3/c1-18(2,3)9-12-17(19-10-15(24)21-25)22-14(20-12)8-7-11-5-4-6-13(23)16(11)22/h4-8,19,23,25H,9-10H2,1-3H3,(H,21,24). The van der Waals surface area contributed by atoms with E-state index in [1.54, 1.807) is 17.6 Å². The zero-order valence-corrected chi connectivity index (χ0v) is 14.5. The van der Waals surface area contributed by atoms with Crippen LogP contribution in [0.5, 0.6) is 5.75 Å². The van der Waals surface area contributed by atoms with E-state index in [4.69, 9.17) is 5.21 Å². The van der Waals surface area contributed by atoms with Gasteiger partial charge in [-0.2, -0.15) is 0 Å². The summed E-state index contributed by atoms with van der Waals surface area (Å²) in [4.78, 5) is 16.2. The number of carbonyl (C=O) groups is 1. The zero-order chi connectivity index (χ0) is 18.2. The smallest absolute Gasteiger partial charge is 0.262 e. The summed E-state index contributed by atoms with van der Waals surface area (Å²) in [6, 6.07) is 9.09. The number of para-hydroxylation sites is 1. The van der Waals surface area contributed by atoms with Crippen LogP contribution in [0.15, 0.2) is 30.3 Å². The minimum Gasteiger partial charge on any atom is -0.506 e. The number of hydrogen-bond donors (Lipinski definition) is 4. The minimum atomic E-state index is -0.555. The van der Waals surface area contributed by atoms with Crippen molar-refractivity contribution in [3.63, 3.8) is 0 Å². The molecule has 7 nitrogen and oxygen atoms in total. The Morgan fingerprint density at radius 2 is 2.00 bits per heavy atom. The number of nitrogens with zero attached hydrogens (tertiary/aromatic N) is 2. The summed E-state index contributed by atoms with van der Waals surface area (Å²) in [7, 11) is 0. The van der Waals surface area contributed by atoms with E-state index in [-0.39, 0.29) is 17.7 Å². The molecule has 3 aromatic rings. The second-order valence-corrected chi connectivity index (χ2v) is 7.27. The molecule has 2 aromatic heterocycles. The molecule has 0 radical (unpaired) electrons. The Bertz CT molecular complexity index is 941. The van der Waals surface area contributed by atoms with Crippen LogP contribution < -0.4 is 10.8 Å². The number of amides is 1. The number of anilines is 1. The Morgan fingerprint density at radius 3 is 2.68 bits per heavy atom. The number of imidazole rings is 1. The highest BCUT2D eigenvalue weighted by Crippen LogP contribution is 2.32. The molecule has 0 saturated carbocycles. The van der Waals surface area contributed by atoms with Gasteiger partial charge >= 0.3 is 0 Å². The number of benzene rings is 1. The lowest BCUT2D eigenvalue weighted by atomic mass is 9.90. The summed E-state index contributed by atoms with van der Waals surface area (Å²) in [5.74, 6) is 0.221. The van der Waals surface area contributed by atoms with Crippen LogP contribution in [-0.2, 0) is 11.2 Å². The van der Waals surface area contributed by atoms with Gasteiger partial charge in [-0.1, -0.05) is 32.9 Å². The van der Waals surface area contributed by atoms with E-state index in [0.717, 1.165) is 11.1 Å². The van der Waals surface area contributed by atoms with Crippen molar-refractivity contribution in [1.29, 1.82) is 0 Å². The van der Waals surface area contributed by atoms with E-state index in [0.29, 0.717) is 23.4 Å². The maximum atomic E-state index is 11.5. The Hall–Kier alpha value is -2.80. The van der Waals surface area contributed by atoms with Gasteiger partial charge < -0.3 is 10.4 Å². The highest BCUT2D eigenvalue weighted by molar-refractivity contribution is 5.89. The van der Waals surface area contributed by atoms with Gasteiger partial charge in [0.05, 0.1) is 17.8 Å². The average Bonchev–Trinajstić information content (AvgIpc) is 2.88. The summed E-state index contributed by atoms with van der Waals surface area (Å²) in [5.41, 5.74) is 3.71. The Balaban J connectivity index is 2.24. The van der Waals surface area contributed by atoms with Gasteiger partial charge in [-0.15, -0.1) is 0 Å². The van der Waals surface area contributed by atoms with E-state index >= 15 is 0 Å². The SMILES string of the molecule is CC(C)(C)Cc1nc2ccc3cccc(O)c3n2c1NCC(=O)NO. The van der Waals surface area contributed by atoms with Crippen LogP contribution in [-0.4, -0.2) is 32.2 Å². The van der Waals surface area contributed by atoms with Crippen LogP contribution in [0.1, 0.15) is 26.5 Å². The van der Waals surface area contributed by atoms with Crippen molar-refractivity contribution in [3.8, 4) is 5.75 Å². The number of carbonyl (C=O) groups excluding carboxylic acids is 1. The number of hydroxylamine groups is 1. The molecule has 2 heterocycles. The molecule has 3 rings (SSSR count). The second-order valence-electron chi connectivity index (χ2n) is 7.27. The van der Waals surface area contributed by atoms with Crippen molar-refractivity contribution >= 4 is 28.3 Å². The molecule has 0 aliphatic rings. The molecule has 0 aliphatic carbocycles. The predicted molar refractivity (Wildman–Crippen MR) is 95.9 cm³/mol. The zero-order valence-electron chi connectivity index (χ0n) is 14.5. The molecule has 25 heavy (non-hydrogen) atoms. The summed E-state index contributed by atoms with van der Waals surface area (Å²) >= 11 is 0. The Kier molecular flexibility index (Phi) is 4.26. The molecule has 0 fully saturated rings. The fourth-order valence-electron chi connectivity index (χ4n) is 2.92. The van der Waals surface area contributed by atoms with Gasteiger partial charge in [-0.25, -0.2) is 10.5 Å². The number of phenols is 1. The largest absolute Gasteiger partial charge is 0.506 e. The number of aromatic nitrogens is 2. The Morgan fingerprint density at radius 1 is 1.24 bits per heavy atom. The van der Waals surface area contributed by atoms with Crippen molar-refractivity contribution in [2.75, 3.05) is 11.9 Å². The van der Waals surface area contributed by atoms with E-state index in [1.807, 2.05) is 22.6 Å².